The fourth-order valence-electron chi connectivity index (χ4n) is 3.90. The molecule has 3 rings (SSSR count). The minimum absolute atomic E-state index is 0.0403. The van der Waals surface area contributed by atoms with Gasteiger partial charge in [0, 0.05) is 24.4 Å². The monoisotopic (exact) mass is 432 g/mol. The lowest BCUT2D eigenvalue weighted by atomic mass is 9.99. The highest BCUT2D eigenvalue weighted by Crippen LogP contribution is 2.29. The van der Waals surface area contributed by atoms with Gasteiger partial charge in [-0.25, -0.2) is 4.98 Å². The van der Waals surface area contributed by atoms with Crippen LogP contribution in [0.25, 0.3) is 0 Å². The van der Waals surface area contributed by atoms with Gasteiger partial charge in [-0.05, 0) is 43.5 Å². The van der Waals surface area contributed by atoms with E-state index in [2.05, 4.69) is 18.8 Å². The Morgan fingerprint density at radius 2 is 1.75 bits per heavy atom. The lowest BCUT2D eigenvalue weighted by molar-refractivity contribution is 0.0602. The first-order valence-electron chi connectivity index (χ1n) is 11.1. The molecule has 2 aromatic carbocycles. The summed E-state index contributed by atoms with van der Waals surface area (Å²) in [7, 11) is 0. The summed E-state index contributed by atoms with van der Waals surface area (Å²) in [6, 6.07) is 18.5. The molecule has 6 nitrogen and oxygen atoms in total. The Bertz CT molecular complexity index is 1070. The number of aryl methyl sites for hydroxylation is 1. The summed E-state index contributed by atoms with van der Waals surface area (Å²) in [4.78, 5) is 32.9. The molecule has 1 unspecified atom stereocenters. The van der Waals surface area contributed by atoms with E-state index in [-0.39, 0.29) is 23.4 Å². The summed E-state index contributed by atoms with van der Waals surface area (Å²) < 4.78 is 1.68. The zero-order chi connectivity index (χ0) is 23.1. The minimum atomic E-state index is -0.368. The van der Waals surface area contributed by atoms with Crippen molar-refractivity contribution in [2.24, 2.45) is 11.7 Å². The van der Waals surface area contributed by atoms with Gasteiger partial charge in [0.05, 0.1) is 12.6 Å². The van der Waals surface area contributed by atoms with Gasteiger partial charge in [-0.2, -0.15) is 0 Å². The molecular formula is C26H32N4O2. The van der Waals surface area contributed by atoms with E-state index in [4.69, 9.17) is 5.73 Å². The highest BCUT2D eigenvalue weighted by atomic mass is 16.2. The molecular weight excluding hydrogens is 400 g/mol. The molecule has 0 radical (unpaired) electrons. The first-order chi connectivity index (χ1) is 15.4. The maximum Gasteiger partial charge on any atom is 0.254 e. The lowest BCUT2D eigenvalue weighted by Crippen LogP contribution is -2.42. The van der Waals surface area contributed by atoms with Gasteiger partial charge in [-0.1, -0.05) is 61.9 Å². The second-order valence-corrected chi connectivity index (χ2v) is 8.41. The molecule has 0 fully saturated rings. The van der Waals surface area contributed by atoms with E-state index in [1.807, 2.05) is 66.4 Å². The molecule has 0 bridgehead atoms. The van der Waals surface area contributed by atoms with Gasteiger partial charge >= 0.3 is 0 Å². The molecule has 1 heterocycles. The quantitative estimate of drug-likeness (QED) is 0.558. The summed E-state index contributed by atoms with van der Waals surface area (Å²) in [6.07, 6.45) is 2.20. The average Bonchev–Trinajstić information content (AvgIpc) is 2.79. The first kappa shape index (κ1) is 23.4. The molecule has 168 valence electrons. The number of amides is 1. The minimum Gasteiger partial charge on any atom is -0.330 e. The van der Waals surface area contributed by atoms with Crippen molar-refractivity contribution in [1.29, 1.82) is 0 Å². The summed E-state index contributed by atoms with van der Waals surface area (Å²) in [6.45, 7) is 7.45. The van der Waals surface area contributed by atoms with E-state index in [1.165, 1.54) is 12.3 Å². The highest BCUT2D eigenvalue weighted by Gasteiger charge is 2.31. The molecule has 2 N–H and O–H groups in total. The molecule has 0 aliphatic rings. The normalized spacial score (nSPS) is 12.0. The SMILES string of the molecule is Cc1ccc(C(=O)N(CCCN)C(c2nccc(=O)n2Cc2ccccc2)C(C)C)cc1. The largest absolute Gasteiger partial charge is 0.330 e. The van der Waals surface area contributed by atoms with Crippen LogP contribution in [0.1, 0.15) is 53.6 Å². The van der Waals surface area contributed by atoms with Gasteiger partial charge in [-0.15, -0.1) is 0 Å². The Hall–Kier alpha value is -3.25. The van der Waals surface area contributed by atoms with Crippen LogP contribution in [0.2, 0.25) is 0 Å². The van der Waals surface area contributed by atoms with Crippen LogP contribution in [-0.4, -0.2) is 33.4 Å². The molecule has 32 heavy (non-hydrogen) atoms. The maximum atomic E-state index is 13.6. The van der Waals surface area contributed by atoms with Crippen LogP contribution in [0, 0.1) is 12.8 Å². The first-order valence-corrected chi connectivity index (χ1v) is 11.1. The van der Waals surface area contributed by atoms with Gasteiger partial charge in [0.25, 0.3) is 11.5 Å². The summed E-state index contributed by atoms with van der Waals surface area (Å²) >= 11 is 0. The average molecular weight is 433 g/mol. The molecule has 1 atom stereocenters. The van der Waals surface area contributed by atoms with Crippen LogP contribution < -0.4 is 11.3 Å². The Kier molecular flexibility index (Phi) is 7.95. The van der Waals surface area contributed by atoms with E-state index >= 15 is 0 Å². The zero-order valence-electron chi connectivity index (χ0n) is 19.1. The summed E-state index contributed by atoms with van der Waals surface area (Å²) in [5, 5.41) is 0. The molecule has 0 saturated heterocycles. The second kappa shape index (κ2) is 10.9. The summed E-state index contributed by atoms with van der Waals surface area (Å²) in [5.41, 5.74) is 8.38. The van der Waals surface area contributed by atoms with Gasteiger partial charge < -0.3 is 10.6 Å². The summed E-state index contributed by atoms with van der Waals surface area (Å²) in [5.74, 6) is 0.550. The van der Waals surface area contributed by atoms with E-state index in [9.17, 15) is 9.59 Å². The van der Waals surface area contributed by atoms with Gasteiger partial charge in [0.15, 0.2) is 0 Å². The van der Waals surface area contributed by atoms with Crippen LogP contribution >= 0.6 is 0 Å². The van der Waals surface area contributed by atoms with Crippen molar-refractivity contribution in [2.75, 3.05) is 13.1 Å². The van der Waals surface area contributed by atoms with Crippen LogP contribution in [0.5, 0.6) is 0 Å². The number of aromatic nitrogens is 2. The highest BCUT2D eigenvalue weighted by molar-refractivity contribution is 5.94. The standard InChI is InChI=1S/C26H32N4O2/c1-19(2)24(29(17-7-15-27)26(32)22-12-10-20(3)11-13-22)25-28-16-14-23(31)30(25)18-21-8-5-4-6-9-21/h4-6,8-14,16,19,24H,7,15,17-18,27H2,1-3H3. The Morgan fingerprint density at radius 1 is 1.06 bits per heavy atom. The molecule has 6 heteroatoms. The lowest BCUT2D eigenvalue weighted by Gasteiger charge is -2.35. The number of hydrogen-bond donors (Lipinski definition) is 1. The second-order valence-electron chi connectivity index (χ2n) is 8.41. The van der Waals surface area contributed by atoms with Gasteiger partial charge in [0.2, 0.25) is 0 Å². The van der Waals surface area contributed by atoms with E-state index in [1.54, 1.807) is 4.57 Å². The molecule has 1 amide bonds. The predicted octanol–water partition coefficient (Wildman–Crippen LogP) is 3.79. The third kappa shape index (κ3) is 5.51. The molecule has 0 saturated carbocycles. The number of carbonyl (C=O) groups is 1. The number of nitrogens with two attached hydrogens (primary N) is 1. The van der Waals surface area contributed by atoms with Crippen LogP contribution in [0.15, 0.2) is 71.7 Å². The van der Waals surface area contributed by atoms with E-state index < -0.39 is 0 Å². The van der Waals surface area contributed by atoms with Gasteiger partial charge in [-0.3, -0.25) is 14.2 Å². The Morgan fingerprint density at radius 3 is 2.38 bits per heavy atom. The van der Waals surface area contributed by atoms with Crippen molar-refractivity contribution < 1.29 is 4.79 Å². The smallest absolute Gasteiger partial charge is 0.254 e. The molecule has 1 aromatic heterocycles. The van der Waals surface area contributed by atoms with Crippen molar-refractivity contribution in [1.82, 2.24) is 14.5 Å². The number of nitrogens with zero attached hydrogens (tertiary/aromatic N) is 3. The number of rotatable bonds is 9. The van der Waals surface area contributed by atoms with E-state index in [0.29, 0.717) is 37.4 Å². The van der Waals surface area contributed by atoms with Gasteiger partial charge in [0.1, 0.15) is 5.82 Å². The molecule has 3 aromatic rings. The molecule has 0 spiro atoms. The van der Waals surface area contributed by atoms with Crippen molar-refractivity contribution in [3.8, 4) is 0 Å². The Balaban J connectivity index is 2.07. The fourth-order valence-corrected chi connectivity index (χ4v) is 3.90. The van der Waals surface area contributed by atoms with Crippen molar-refractivity contribution in [3.63, 3.8) is 0 Å². The van der Waals surface area contributed by atoms with Crippen LogP contribution in [-0.2, 0) is 6.54 Å². The Labute approximate surface area is 189 Å². The van der Waals surface area contributed by atoms with Crippen LogP contribution in [0.3, 0.4) is 0 Å². The maximum absolute atomic E-state index is 13.6. The number of hydrogen-bond acceptors (Lipinski definition) is 4. The van der Waals surface area contributed by atoms with Crippen molar-refractivity contribution in [2.45, 2.75) is 39.8 Å². The van der Waals surface area contributed by atoms with Crippen LogP contribution in [0.4, 0.5) is 0 Å². The third-order valence-electron chi connectivity index (χ3n) is 5.54. The molecule has 0 aliphatic carbocycles. The molecule has 0 aliphatic heterocycles. The number of benzene rings is 2. The van der Waals surface area contributed by atoms with E-state index in [0.717, 1.165) is 11.1 Å². The number of carbonyl (C=O) groups excluding carboxylic acids is 1. The zero-order valence-corrected chi connectivity index (χ0v) is 19.1. The van der Waals surface area contributed by atoms with Crippen molar-refractivity contribution in [3.05, 3.63) is 99.7 Å². The topological polar surface area (TPSA) is 81.2 Å². The predicted molar refractivity (Wildman–Crippen MR) is 128 cm³/mol. The fraction of sp³-hybridized carbons (Fsp3) is 0.346. The third-order valence-corrected chi connectivity index (χ3v) is 5.54. The van der Waals surface area contributed by atoms with Crippen molar-refractivity contribution >= 4 is 5.91 Å².